The van der Waals surface area contributed by atoms with Crippen LogP contribution >= 0.6 is 7.60 Å². The van der Waals surface area contributed by atoms with Crippen LogP contribution in [0.25, 0.3) is 0 Å². The van der Waals surface area contributed by atoms with Crippen molar-refractivity contribution in [2.45, 2.75) is 50.6 Å². The second-order valence-corrected chi connectivity index (χ2v) is 6.98. The van der Waals surface area contributed by atoms with Crippen molar-refractivity contribution in [2.24, 2.45) is 0 Å². The lowest BCUT2D eigenvalue weighted by molar-refractivity contribution is 0.195. The monoisotopic (exact) mass is 272 g/mol. The largest absolute Gasteiger partial charge is 0.333 e. The maximum Gasteiger partial charge on any atom is 0.333 e. The average molecular weight is 272 g/mol. The quantitative estimate of drug-likeness (QED) is 0.347. The third-order valence-electron chi connectivity index (χ3n) is 3.21. The van der Waals surface area contributed by atoms with Gasteiger partial charge in [0.05, 0.1) is 18.9 Å². The van der Waals surface area contributed by atoms with E-state index < -0.39 is 7.60 Å². The minimum atomic E-state index is -2.95. The number of hydrogen-bond donors (Lipinski definition) is 0. The minimum absolute atomic E-state index is 0.0841. The molecular weight excluding hydrogens is 247 g/mol. The molecular formula is C14H25O3P. The molecule has 4 heteroatoms. The predicted octanol–water partition coefficient (Wildman–Crippen LogP) is 4.70. The van der Waals surface area contributed by atoms with Crippen LogP contribution in [-0.2, 0) is 13.6 Å². The predicted molar refractivity (Wildman–Crippen MR) is 76.0 cm³/mol. The second kappa shape index (κ2) is 8.68. The van der Waals surface area contributed by atoms with Crippen LogP contribution in [0.2, 0.25) is 0 Å². The molecule has 1 aliphatic rings. The zero-order valence-corrected chi connectivity index (χ0v) is 12.1. The first-order valence-corrected chi connectivity index (χ1v) is 8.44. The summed E-state index contributed by atoms with van der Waals surface area (Å²) in [6, 6.07) is 0. The van der Waals surface area contributed by atoms with Crippen molar-refractivity contribution in [1.82, 2.24) is 0 Å². The van der Waals surface area contributed by atoms with Crippen molar-refractivity contribution in [1.29, 1.82) is 0 Å². The van der Waals surface area contributed by atoms with E-state index in [-0.39, 0.29) is 5.66 Å². The lowest BCUT2D eigenvalue weighted by Gasteiger charge is -2.29. The van der Waals surface area contributed by atoms with Gasteiger partial charge in [-0.05, 0) is 25.7 Å². The zero-order valence-electron chi connectivity index (χ0n) is 11.2. The number of hydrogen-bond acceptors (Lipinski definition) is 3. The molecule has 1 fully saturated rings. The summed E-state index contributed by atoms with van der Waals surface area (Å²) in [4.78, 5) is 0. The van der Waals surface area contributed by atoms with E-state index >= 15 is 0 Å². The molecule has 0 amide bonds. The zero-order chi connectivity index (χ0) is 13.3. The highest BCUT2D eigenvalue weighted by molar-refractivity contribution is 7.54. The maximum absolute atomic E-state index is 12.8. The molecule has 0 heterocycles. The molecule has 0 bridgehead atoms. The van der Waals surface area contributed by atoms with Crippen LogP contribution in [0, 0.1) is 0 Å². The Morgan fingerprint density at radius 2 is 1.50 bits per heavy atom. The highest BCUT2D eigenvalue weighted by Gasteiger charge is 2.36. The Bertz CT molecular complexity index is 277. The molecule has 1 rings (SSSR count). The first kappa shape index (κ1) is 15.7. The minimum Gasteiger partial charge on any atom is -0.308 e. The summed E-state index contributed by atoms with van der Waals surface area (Å²) in [7, 11) is -2.95. The summed E-state index contributed by atoms with van der Waals surface area (Å²) in [6.07, 6.45) is 10.4. The third-order valence-corrected chi connectivity index (χ3v) is 5.70. The molecule has 0 spiro atoms. The number of rotatable bonds is 9. The van der Waals surface area contributed by atoms with Crippen LogP contribution in [0.4, 0.5) is 0 Å². The van der Waals surface area contributed by atoms with Crippen molar-refractivity contribution < 1.29 is 13.6 Å². The summed E-state index contributed by atoms with van der Waals surface area (Å²) in [5, 5.41) is 0. The standard InChI is InChI=1S/C14H25O3P/c1-3-5-12-16-18(15,17-13-6-4-2)14-10-8-7-9-11-14/h3-4,14H,1-2,5-13H2. The fraction of sp³-hybridized carbons (Fsp3) is 0.714. The summed E-state index contributed by atoms with van der Waals surface area (Å²) >= 11 is 0. The molecule has 1 aliphatic carbocycles. The van der Waals surface area contributed by atoms with Gasteiger partial charge < -0.3 is 9.05 Å². The Balaban J connectivity index is 2.55. The third kappa shape index (κ3) is 5.09. The smallest absolute Gasteiger partial charge is 0.308 e. The summed E-state index contributed by atoms with van der Waals surface area (Å²) < 4.78 is 24.0. The maximum atomic E-state index is 12.8. The molecule has 0 saturated heterocycles. The Hall–Kier alpha value is -0.370. The van der Waals surface area contributed by atoms with E-state index in [1.165, 1.54) is 6.42 Å². The molecule has 0 aromatic heterocycles. The second-order valence-electron chi connectivity index (χ2n) is 4.65. The van der Waals surface area contributed by atoms with Crippen LogP contribution in [0.5, 0.6) is 0 Å². The van der Waals surface area contributed by atoms with Crippen LogP contribution in [-0.4, -0.2) is 18.9 Å². The van der Waals surface area contributed by atoms with E-state index in [1.807, 2.05) is 0 Å². The molecule has 0 unspecified atom stereocenters. The Morgan fingerprint density at radius 1 is 1.00 bits per heavy atom. The Morgan fingerprint density at radius 3 is 1.94 bits per heavy atom. The molecule has 0 N–H and O–H groups in total. The van der Waals surface area contributed by atoms with E-state index in [0.29, 0.717) is 26.1 Å². The summed E-state index contributed by atoms with van der Waals surface area (Å²) in [6.45, 7) is 8.16. The van der Waals surface area contributed by atoms with Crippen molar-refractivity contribution in [3.05, 3.63) is 25.3 Å². The molecule has 0 aromatic rings. The fourth-order valence-electron chi connectivity index (χ4n) is 2.17. The van der Waals surface area contributed by atoms with Crippen LogP contribution in [0.15, 0.2) is 25.3 Å². The van der Waals surface area contributed by atoms with Gasteiger partial charge in [-0.3, -0.25) is 4.57 Å². The molecule has 0 aromatic carbocycles. The van der Waals surface area contributed by atoms with E-state index in [4.69, 9.17) is 9.05 Å². The molecule has 3 nitrogen and oxygen atoms in total. The van der Waals surface area contributed by atoms with Crippen molar-refractivity contribution in [3.63, 3.8) is 0 Å². The van der Waals surface area contributed by atoms with Crippen LogP contribution in [0.1, 0.15) is 44.9 Å². The fourth-order valence-corrected chi connectivity index (χ4v) is 4.39. The highest BCUT2D eigenvalue weighted by Crippen LogP contribution is 2.57. The lowest BCUT2D eigenvalue weighted by Crippen LogP contribution is -2.17. The van der Waals surface area contributed by atoms with Gasteiger partial charge in [-0.15, -0.1) is 13.2 Å². The van der Waals surface area contributed by atoms with E-state index in [2.05, 4.69) is 13.2 Å². The van der Waals surface area contributed by atoms with E-state index in [9.17, 15) is 4.57 Å². The summed E-state index contributed by atoms with van der Waals surface area (Å²) in [5.41, 5.74) is 0.0841. The van der Waals surface area contributed by atoms with Gasteiger partial charge in [0.25, 0.3) is 0 Å². The van der Waals surface area contributed by atoms with Crippen molar-refractivity contribution >= 4 is 7.60 Å². The Kier molecular flexibility index (Phi) is 7.57. The van der Waals surface area contributed by atoms with Gasteiger partial charge in [-0.25, -0.2) is 0 Å². The lowest BCUT2D eigenvalue weighted by atomic mass is 10.0. The van der Waals surface area contributed by atoms with E-state index in [1.54, 1.807) is 12.2 Å². The molecule has 0 radical (unpaired) electrons. The van der Waals surface area contributed by atoms with Crippen LogP contribution < -0.4 is 0 Å². The Labute approximate surface area is 111 Å². The van der Waals surface area contributed by atoms with Gasteiger partial charge in [0.1, 0.15) is 0 Å². The van der Waals surface area contributed by atoms with Crippen LogP contribution in [0.3, 0.4) is 0 Å². The molecule has 1 saturated carbocycles. The molecule has 0 aliphatic heterocycles. The SMILES string of the molecule is C=CCCOP(=O)(OCCC=C)C1CCCCC1. The molecule has 104 valence electrons. The van der Waals surface area contributed by atoms with E-state index in [0.717, 1.165) is 25.7 Å². The summed E-state index contributed by atoms with van der Waals surface area (Å²) in [5.74, 6) is 0. The van der Waals surface area contributed by atoms with Gasteiger partial charge in [-0.1, -0.05) is 31.4 Å². The average Bonchev–Trinajstić information content (AvgIpc) is 2.40. The van der Waals surface area contributed by atoms with Crippen molar-refractivity contribution in [2.75, 3.05) is 13.2 Å². The van der Waals surface area contributed by atoms with Gasteiger partial charge >= 0.3 is 7.60 Å². The molecule has 18 heavy (non-hydrogen) atoms. The highest BCUT2D eigenvalue weighted by atomic mass is 31.2. The molecule has 0 atom stereocenters. The van der Waals surface area contributed by atoms with Gasteiger partial charge in [0.15, 0.2) is 0 Å². The topological polar surface area (TPSA) is 35.5 Å². The first-order chi connectivity index (χ1) is 8.73. The van der Waals surface area contributed by atoms with Gasteiger partial charge in [0, 0.05) is 0 Å². The van der Waals surface area contributed by atoms with Gasteiger partial charge in [0.2, 0.25) is 0 Å². The van der Waals surface area contributed by atoms with Crippen molar-refractivity contribution in [3.8, 4) is 0 Å². The normalized spacial score (nSPS) is 17.6. The van der Waals surface area contributed by atoms with Gasteiger partial charge in [-0.2, -0.15) is 0 Å². The first-order valence-electron chi connectivity index (χ1n) is 6.83.